The fourth-order valence-corrected chi connectivity index (χ4v) is 3.32. The molecule has 0 amide bonds. The third-order valence-electron chi connectivity index (χ3n) is 3.81. The lowest BCUT2D eigenvalue weighted by Crippen LogP contribution is -1.89. The van der Waals surface area contributed by atoms with Crippen molar-refractivity contribution >= 4 is 27.7 Å². The number of rotatable bonds is 3. The van der Waals surface area contributed by atoms with Gasteiger partial charge in [0.1, 0.15) is 10.8 Å². The molecule has 2 aromatic carbocycles. The van der Waals surface area contributed by atoms with Crippen molar-refractivity contribution < 1.29 is 9.52 Å². The average Bonchev–Trinajstić information content (AvgIpc) is 3.26. The van der Waals surface area contributed by atoms with Gasteiger partial charge in [-0.15, -0.1) is 11.3 Å². The van der Waals surface area contributed by atoms with Gasteiger partial charge in [-0.2, -0.15) is 0 Å². The van der Waals surface area contributed by atoms with Crippen molar-refractivity contribution in [2.75, 3.05) is 0 Å². The van der Waals surface area contributed by atoms with E-state index >= 15 is 0 Å². The van der Waals surface area contributed by atoms with Crippen molar-refractivity contribution in [3.05, 3.63) is 77.7 Å². The van der Waals surface area contributed by atoms with Crippen LogP contribution < -0.4 is 0 Å². The van der Waals surface area contributed by atoms with Crippen LogP contribution in [0.15, 0.2) is 71.5 Å². The zero-order chi connectivity index (χ0) is 15.8. The molecule has 3 nitrogen and oxygen atoms in total. The van der Waals surface area contributed by atoms with Crippen molar-refractivity contribution in [2.45, 2.75) is 0 Å². The minimum atomic E-state index is 0.243. The van der Waals surface area contributed by atoms with Gasteiger partial charge in [-0.1, -0.05) is 12.6 Å². The molecule has 0 aliphatic carbocycles. The topological polar surface area (TPSA) is 46.3 Å². The number of hydrogen-bond acceptors (Lipinski definition) is 4. The predicted molar refractivity (Wildman–Crippen MR) is 93.6 cm³/mol. The van der Waals surface area contributed by atoms with Crippen LogP contribution in [0.3, 0.4) is 0 Å². The molecule has 0 bridgehead atoms. The Morgan fingerprint density at radius 3 is 2.83 bits per heavy atom. The van der Waals surface area contributed by atoms with Crippen LogP contribution in [-0.2, 0) is 0 Å². The van der Waals surface area contributed by atoms with E-state index in [2.05, 4.69) is 17.6 Å². The number of furan rings is 1. The number of nitrogens with zero attached hydrogens (tertiary/aromatic N) is 1. The molecule has 2 heterocycles. The molecule has 1 N–H and O–H groups in total. The minimum absolute atomic E-state index is 0.243. The van der Waals surface area contributed by atoms with E-state index in [1.165, 1.54) is 0 Å². The summed E-state index contributed by atoms with van der Waals surface area (Å²) < 4.78 is 5.23. The molecule has 0 unspecified atom stereocenters. The third-order valence-corrected chi connectivity index (χ3v) is 4.64. The summed E-state index contributed by atoms with van der Waals surface area (Å²) in [6.45, 7) is 4.18. The summed E-state index contributed by atoms with van der Waals surface area (Å²) in [7, 11) is 0. The molecule has 2 aromatic heterocycles. The van der Waals surface area contributed by atoms with Gasteiger partial charge in [-0.3, -0.25) is 0 Å². The van der Waals surface area contributed by atoms with E-state index in [4.69, 9.17) is 4.42 Å². The number of aromatic hydroxyl groups is 1. The second-order valence-electron chi connectivity index (χ2n) is 5.26. The van der Waals surface area contributed by atoms with E-state index in [9.17, 15) is 5.11 Å². The van der Waals surface area contributed by atoms with E-state index in [0.29, 0.717) is 0 Å². The summed E-state index contributed by atoms with van der Waals surface area (Å²) >= 11 is 1.56. The normalized spacial score (nSPS) is 11.0. The summed E-state index contributed by atoms with van der Waals surface area (Å²) in [6.07, 6.45) is 5.15. The fourth-order valence-electron chi connectivity index (χ4n) is 2.68. The maximum atomic E-state index is 9.81. The summed E-state index contributed by atoms with van der Waals surface area (Å²) in [6, 6.07) is 11.4. The molecular weight excluding hydrogens is 306 g/mol. The Hall–Kier alpha value is -2.85. The van der Waals surface area contributed by atoms with Crippen LogP contribution in [0.25, 0.3) is 27.5 Å². The number of phenolic OH excluding ortho intramolecular Hbond substituents is 1. The first-order valence-corrected chi connectivity index (χ1v) is 7.99. The lowest BCUT2D eigenvalue weighted by Gasteiger charge is -2.10. The minimum Gasteiger partial charge on any atom is -0.508 e. The number of fused-ring (bicyclic) bond motifs is 1. The van der Waals surface area contributed by atoms with E-state index in [-0.39, 0.29) is 5.75 Å². The lowest BCUT2D eigenvalue weighted by atomic mass is 9.94. The molecule has 4 rings (SSSR count). The summed E-state index contributed by atoms with van der Waals surface area (Å²) in [4.78, 5) is 4.33. The smallest absolute Gasteiger partial charge is 0.123 e. The number of aromatic nitrogens is 1. The van der Waals surface area contributed by atoms with Gasteiger partial charge >= 0.3 is 0 Å². The monoisotopic (exact) mass is 319 g/mol. The van der Waals surface area contributed by atoms with E-state index in [1.807, 2.05) is 23.6 Å². The van der Waals surface area contributed by atoms with Gasteiger partial charge in [-0.05, 0) is 52.2 Å². The third kappa shape index (κ3) is 2.43. The van der Waals surface area contributed by atoms with Crippen molar-refractivity contribution in [3.8, 4) is 16.9 Å². The Bertz CT molecular complexity index is 986. The fraction of sp³-hybridized carbons (Fsp3) is 0. The van der Waals surface area contributed by atoms with Crippen LogP contribution >= 0.6 is 11.3 Å². The van der Waals surface area contributed by atoms with Crippen molar-refractivity contribution in [1.82, 2.24) is 4.98 Å². The first-order valence-electron chi connectivity index (χ1n) is 7.11. The molecule has 0 saturated carbocycles. The average molecular weight is 319 g/mol. The van der Waals surface area contributed by atoms with E-state index in [1.54, 1.807) is 42.2 Å². The van der Waals surface area contributed by atoms with Crippen LogP contribution in [0.5, 0.6) is 5.75 Å². The standard InChI is InChI=1S/C19H13NO2S/c1-12(19-20-5-7-23-19)14-8-15-9-16(21)2-3-17(15)18(10-14)13-4-6-22-11-13/h2-11,21H,1H2. The molecule has 0 radical (unpaired) electrons. The van der Waals surface area contributed by atoms with Gasteiger partial charge in [0, 0.05) is 22.7 Å². The largest absolute Gasteiger partial charge is 0.508 e. The first kappa shape index (κ1) is 13.8. The van der Waals surface area contributed by atoms with Gasteiger partial charge in [-0.25, -0.2) is 4.98 Å². The Morgan fingerprint density at radius 2 is 2.09 bits per heavy atom. The molecule has 0 saturated heterocycles. The van der Waals surface area contributed by atoms with Crippen LogP contribution in [-0.4, -0.2) is 10.1 Å². The Labute approximate surface area is 137 Å². The second kappa shape index (κ2) is 5.41. The molecule has 0 aliphatic rings. The van der Waals surface area contributed by atoms with Crippen LogP contribution in [0.1, 0.15) is 10.6 Å². The van der Waals surface area contributed by atoms with Crippen LogP contribution in [0.4, 0.5) is 0 Å². The molecular formula is C19H13NO2S. The molecule has 4 aromatic rings. The van der Waals surface area contributed by atoms with Gasteiger partial charge in [0.05, 0.1) is 12.5 Å². The second-order valence-corrected chi connectivity index (χ2v) is 6.15. The zero-order valence-corrected chi connectivity index (χ0v) is 13.0. The maximum Gasteiger partial charge on any atom is 0.123 e. The number of hydrogen-bond donors (Lipinski definition) is 1. The highest BCUT2D eigenvalue weighted by Crippen LogP contribution is 2.35. The number of benzene rings is 2. The van der Waals surface area contributed by atoms with Gasteiger partial charge < -0.3 is 9.52 Å². The predicted octanol–water partition coefficient (Wildman–Crippen LogP) is 5.32. The highest BCUT2D eigenvalue weighted by Gasteiger charge is 2.12. The molecule has 0 atom stereocenters. The molecule has 23 heavy (non-hydrogen) atoms. The Kier molecular flexibility index (Phi) is 3.24. The van der Waals surface area contributed by atoms with Crippen LogP contribution in [0, 0.1) is 0 Å². The Morgan fingerprint density at radius 1 is 1.17 bits per heavy atom. The molecule has 0 spiro atoms. The first-order chi connectivity index (χ1) is 11.2. The molecule has 112 valence electrons. The summed E-state index contributed by atoms with van der Waals surface area (Å²) in [5, 5.41) is 14.7. The quantitative estimate of drug-likeness (QED) is 0.555. The molecule has 0 aliphatic heterocycles. The Balaban J connectivity index is 1.98. The van der Waals surface area contributed by atoms with Gasteiger partial charge in [0.2, 0.25) is 0 Å². The summed E-state index contributed by atoms with van der Waals surface area (Å²) in [5.74, 6) is 0.243. The highest BCUT2D eigenvalue weighted by atomic mass is 32.1. The van der Waals surface area contributed by atoms with Gasteiger partial charge in [0.15, 0.2) is 0 Å². The lowest BCUT2D eigenvalue weighted by molar-refractivity contribution is 0.476. The summed E-state index contributed by atoms with van der Waals surface area (Å²) in [5.41, 5.74) is 3.89. The van der Waals surface area contributed by atoms with E-state index < -0.39 is 0 Å². The molecule has 0 fully saturated rings. The van der Waals surface area contributed by atoms with E-state index in [0.717, 1.165) is 38.0 Å². The zero-order valence-electron chi connectivity index (χ0n) is 12.2. The number of thiazole rings is 1. The number of phenols is 1. The van der Waals surface area contributed by atoms with Crippen molar-refractivity contribution in [1.29, 1.82) is 0 Å². The maximum absolute atomic E-state index is 9.81. The SMILES string of the molecule is C=C(c1cc(-c2ccoc2)c2ccc(O)cc2c1)c1nccs1. The van der Waals surface area contributed by atoms with Crippen molar-refractivity contribution in [2.24, 2.45) is 0 Å². The van der Waals surface area contributed by atoms with Crippen LogP contribution in [0.2, 0.25) is 0 Å². The molecule has 4 heteroatoms. The van der Waals surface area contributed by atoms with Crippen molar-refractivity contribution in [3.63, 3.8) is 0 Å². The highest BCUT2D eigenvalue weighted by molar-refractivity contribution is 7.10. The van der Waals surface area contributed by atoms with Gasteiger partial charge in [0.25, 0.3) is 0 Å².